The fourth-order valence-electron chi connectivity index (χ4n) is 3.78. The molecule has 0 spiro atoms. The standard InChI is InChI=1S/C20H21N3O2/c1-13-11-14(2)25-19(13)20(24)22-18-16-6-4-3-5-15(16)7-8-17(18)23-10-9-21-12-23/h3-6,9-12,17-18H,7-8H2,1-2H3,(H,22,24). The van der Waals surface area contributed by atoms with Crippen molar-refractivity contribution < 1.29 is 9.21 Å². The van der Waals surface area contributed by atoms with Gasteiger partial charge in [0.05, 0.1) is 18.4 Å². The number of benzene rings is 1. The molecule has 0 saturated heterocycles. The molecule has 1 amide bonds. The molecule has 0 bridgehead atoms. The smallest absolute Gasteiger partial charge is 0.287 e. The zero-order chi connectivity index (χ0) is 17.4. The highest BCUT2D eigenvalue weighted by Gasteiger charge is 2.32. The van der Waals surface area contributed by atoms with Crippen LogP contribution in [0.5, 0.6) is 0 Å². The molecular formula is C20H21N3O2. The summed E-state index contributed by atoms with van der Waals surface area (Å²) in [6, 6.07) is 10.2. The van der Waals surface area contributed by atoms with Crippen molar-refractivity contribution in [2.45, 2.75) is 38.8 Å². The Morgan fingerprint density at radius 3 is 2.88 bits per heavy atom. The third kappa shape index (κ3) is 2.86. The number of aromatic nitrogens is 2. The van der Waals surface area contributed by atoms with E-state index in [9.17, 15) is 4.79 Å². The van der Waals surface area contributed by atoms with Crippen molar-refractivity contribution in [1.82, 2.24) is 14.9 Å². The zero-order valence-corrected chi connectivity index (χ0v) is 14.4. The summed E-state index contributed by atoms with van der Waals surface area (Å²) >= 11 is 0. The van der Waals surface area contributed by atoms with Gasteiger partial charge in [0.2, 0.25) is 0 Å². The lowest BCUT2D eigenvalue weighted by molar-refractivity contribution is 0.0887. The van der Waals surface area contributed by atoms with Gasteiger partial charge in [0, 0.05) is 18.0 Å². The lowest BCUT2D eigenvalue weighted by atomic mass is 9.83. The van der Waals surface area contributed by atoms with Crippen LogP contribution in [0, 0.1) is 13.8 Å². The number of nitrogens with one attached hydrogen (secondary N) is 1. The van der Waals surface area contributed by atoms with Gasteiger partial charge in [-0.3, -0.25) is 4.79 Å². The van der Waals surface area contributed by atoms with E-state index < -0.39 is 0 Å². The van der Waals surface area contributed by atoms with Crippen LogP contribution in [0.2, 0.25) is 0 Å². The van der Waals surface area contributed by atoms with Gasteiger partial charge >= 0.3 is 0 Å². The van der Waals surface area contributed by atoms with E-state index >= 15 is 0 Å². The van der Waals surface area contributed by atoms with Gasteiger partial charge < -0.3 is 14.3 Å². The molecule has 2 atom stereocenters. The minimum atomic E-state index is -0.169. The van der Waals surface area contributed by atoms with Gasteiger partial charge in [-0.05, 0) is 43.9 Å². The molecule has 0 saturated carbocycles. The SMILES string of the molecule is Cc1cc(C)c(C(=O)NC2c3ccccc3CCC2n2ccnc2)o1. The molecule has 3 aromatic rings. The Kier molecular flexibility index (Phi) is 3.92. The van der Waals surface area contributed by atoms with Gasteiger partial charge in [0.1, 0.15) is 5.76 Å². The fourth-order valence-corrected chi connectivity index (χ4v) is 3.78. The van der Waals surface area contributed by atoms with E-state index in [0.29, 0.717) is 5.76 Å². The second kappa shape index (κ2) is 6.24. The number of nitrogens with zero attached hydrogens (tertiary/aromatic N) is 2. The summed E-state index contributed by atoms with van der Waals surface area (Å²) < 4.78 is 7.68. The maximum atomic E-state index is 12.8. The van der Waals surface area contributed by atoms with Crippen LogP contribution in [-0.2, 0) is 6.42 Å². The third-order valence-electron chi connectivity index (χ3n) is 4.93. The normalized spacial score (nSPS) is 19.4. The lowest BCUT2D eigenvalue weighted by Crippen LogP contribution is -2.37. The van der Waals surface area contributed by atoms with Crippen LogP contribution in [0.3, 0.4) is 0 Å². The first-order valence-corrected chi connectivity index (χ1v) is 8.56. The molecule has 2 aromatic heterocycles. The predicted molar refractivity (Wildman–Crippen MR) is 94.4 cm³/mol. The van der Waals surface area contributed by atoms with Crippen LogP contribution in [-0.4, -0.2) is 15.5 Å². The van der Waals surface area contributed by atoms with E-state index in [0.717, 1.165) is 24.2 Å². The van der Waals surface area contributed by atoms with Gasteiger partial charge in [-0.15, -0.1) is 0 Å². The van der Waals surface area contributed by atoms with Crippen LogP contribution in [0.15, 0.2) is 53.5 Å². The second-order valence-corrected chi connectivity index (χ2v) is 6.64. The average Bonchev–Trinajstić information content (AvgIpc) is 3.24. The molecule has 2 unspecified atom stereocenters. The van der Waals surface area contributed by atoms with Gasteiger partial charge in [0.15, 0.2) is 5.76 Å². The summed E-state index contributed by atoms with van der Waals surface area (Å²) in [6.07, 6.45) is 7.50. The summed E-state index contributed by atoms with van der Waals surface area (Å²) in [7, 11) is 0. The fraction of sp³-hybridized carbons (Fsp3) is 0.300. The molecule has 0 radical (unpaired) electrons. The summed E-state index contributed by atoms with van der Waals surface area (Å²) in [5, 5.41) is 3.20. The number of amides is 1. The first-order chi connectivity index (χ1) is 12.1. The second-order valence-electron chi connectivity index (χ2n) is 6.64. The Balaban J connectivity index is 1.70. The topological polar surface area (TPSA) is 60.1 Å². The quantitative estimate of drug-likeness (QED) is 0.793. The summed E-state index contributed by atoms with van der Waals surface area (Å²) in [5.41, 5.74) is 3.32. The number of imidazole rings is 1. The number of fused-ring (bicyclic) bond motifs is 1. The number of aryl methyl sites for hydroxylation is 3. The maximum absolute atomic E-state index is 12.8. The van der Waals surface area contributed by atoms with E-state index in [4.69, 9.17) is 4.42 Å². The Hall–Kier alpha value is -2.82. The number of carbonyl (C=O) groups is 1. The van der Waals surface area contributed by atoms with Crippen molar-refractivity contribution >= 4 is 5.91 Å². The average molecular weight is 335 g/mol. The first kappa shape index (κ1) is 15.7. The van der Waals surface area contributed by atoms with Crippen molar-refractivity contribution in [3.63, 3.8) is 0 Å². The molecule has 5 heteroatoms. The largest absolute Gasteiger partial charge is 0.456 e. The monoisotopic (exact) mass is 335 g/mol. The number of hydrogen-bond acceptors (Lipinski definition) is 3. The summed E-state index contributed by atoms with van der Waals surface area (Å²) in [6.45, 7) is 3.75. The molecule has 5 nitrogen and oxygen atoms in total. The molecule has 0 fully saturated rings. The molecule has 1 aromatic carbocycles. The molecule has 1 N–H and O–H groups in total. The molecule has 4 rings (SSSR count). The lowest BCUT2D eigenvalue weighted by Gasteiger charge is -2.34. The van der Waals surface area contributed by atoms with Crippen molar-refractivity contribution in [3.8, 4) is 0 Å². The van der Waals surface area contributed by atoms with E-state index in [1.807, 2.05) is 38.5 Å². The van der Waals surface area contributed by atoms with Crippen LogP contribution < -0.4 is 5.32 Å². The third-order valence-corrected chi connectivity index (χ3v) is 4.93. The number of rotatable bonds is 3. The minimum absolute atomic E-state index is 0.114. The van der Waals surface area contributed by atoms with Crippen LogP contribution in [0.25, 0.3) is 0 Å². The van der Waals surface area contributed by atoms with Gasteiger partial charge in [-0.25, -0.2) is 4.98 Å². The van der Waals surface area contributed by atoms with Crippen molar-refractivity contribution in [2.24, 2.45) is 0 Å². The molecule has 0 aliphatic heterocycles. The Bertz CT molecular complexity index is 896. The molecule has 2 heterocycles. The van der Waals surface area contributed by atoms with E-state index in [1.165, 1.54) is 11.1 Å². The number of furan rings is 1. The molecule has 1 aliphatic rings. The molecule has 128 valence electrons. The van der Waals surface area contributed by atoms with Gasteiger partial charge in [-0.1, -0.05) is 24.3 Å². The van der Waals surface area contributed by atoms with E-state index in [1.54, 1.807) is 6.20 Å². The molecule has 25 heavy (non-hydrogen) atoms. The highest BCUT2D eigenvalue weighted by atomic mass is 16.3. The molecular weight excluding hydrogens is 314 g/mol. The van der Waals surface area contributed by atoms with E-state index in [-0.39, 0.29) is 18.0 Å². The highest BCUT2D eigenvalue weighted by Crippen LogP contribution is 2.37. The zero-order valence-electron chi connectivity index (χ0n) is 14.4. The minimum Gasteiger partial charge on any atom is -0.456 e. The van der Waals surface area contributed by atoms with E-state index in [2.05, 4.69) is 33.1 Å². The maximum Gasteiger partial charge on any atom is 0.287 e. The van der Waals surface area contributed by atoms with Crippen LogP contribution in [0.4, 0.5) is 0 Å². The summed E-state index contributed by atoms with van der Waals surface area (Å²) in [4.78, 5) is 17.0. The van der Waals surface area contributed by atoms with Crippen LogP contribution in [0.1, 0.15) is 51.5 Å². The highest BCUT2D eigenvalue weighted by molar-refractivity contribution is 5.93. The Morgan fingerprint density at radius 1 is 1.32 bits per heavy atom. The van der Waals surface area contributed by atoms with Crippen molar-refractivity contribution in [2.75, 3.05) is 0 Å². The van der Waals surface area contributed by atoms with Crippen molar-refractivity contribution in [3.05, 3.63) is 77.3 Å². The Morgan fingerprint density at radius 2 is 2.16 bits per heavy atom. The van der Waals surface area contributed by atoms with Gasteiger partial charge in [-0.2, -0.15) is 0 Å². The predicted octanol–water partition coefficient (Wildman–Crippen LogP) is 3.75. The number of hydrogen-bond donors (Lipinski definition) is 1. The number of carbonyl (C=O) groups excluding carboxylic acids is 1. The van der Waals surface area contributed by atoms with Crippen molar-refractivity contribution in [1.29, 1.82) is 0 Å². The summed E-state index contributed by atoms with van der Waals surface area (Å²) in [5.74, 6) is 0.972. The molecule has 1 aliphatic carbocycles. The first-order valence-electron chi connectivity index (χ1n) is 8.56. The Labute approximate surface area is 146 Å². The van der Waals surface area contributed by atoms with Crippen LogP contribution >= 0.6 is 0 Å². The van der Waals surface area contributed by atoms with Gasteiger partial charge in [0.25, 0.3) is 5.91 Å².